The van der Waals surface area contributed by atoms with Crippen LogP contribution in [0.3, 0.4) is 0 Å². The Labute approximate surface area is 120 Å². The van der Waals surface area contributed by atoms with Gasteiger partial charge in [-0.15, -0.1) is 0 Å². The summed E-state index contributed by atoms with van der Waals surface area (Å²) in [5, 5.41) is 0. The molecular weight excluding hydrogens is 312 g/mol. The van der Waals surface area contributed by atoms with Gasteiger partial charge in [-0.05, 0) is 43.5 Å². The van der Waals surface area contributed by atoms with Gasteiger partial charge in [-0.3, -0.25) is 10.2 Å². The van der Waals surface area contributed by atoms with Crippen LogP contribution in [0.4, 0.5) is 0 Å². The van der Waals surface area contributed by atoms with Crippen LogP contribution in [0.25, 0.3) is 0 Å². The van der Waals surface area contributed by atoms with Gasteiger partial charge in [0.2, 0.25) is 0 Å². The minimum absolute atomic E-state index is 0.0645. The monoisotopic (exact) mass is 328 g/mol. The van der Waals surface area contributed by atoms with E-state index in [0.29, 0.717) is 13.0 Å². The summed E-state index contributed by atoms with van der Waals surface area (Å²) in [7, 11) is 0. The number of hydrogen-bond acceptors (Lipinski definition) is 4. The largest absolute Gasteiger partial charge is 0.491 e. The summed E-state index contributed by atoms with van der Waals surface area (Å²) >= 11 is 3.41. The summed E-state index contributed by atoms with van der Waals surface area (Å²) in [4.78, 5) is 11.3. The van der Waals surface area contributed by atoms with Gasteiger partial charge in [-0.1, -0.05) is 15.9 Å². The molecule has 1 saturated heterocycles. The Morgan fingerprint density at radius 1 is 1.58 bits per heavy atom. The van der Waals surface area contributed by atoms with E-state index in [0.717, 1.165) is 22.2 Å². The summed E-state index contributed by atoms with van der Waals surface area (Å²) in [5.74, 6) is 5.64. The van der Waals surface area contributed by atoms with E-state index >= 15 is 0 Å². The van der Waals surface area contributed by atoms with Crippen molar-refractivity contribution in [1.29, 1.82) is 0 Å². The molecule has 5 nitrogen and oxygen atoms in total. The van der Waals surface area contributed by atoms with E-state index in [1.807, 2.05) is 25.1 Å². The summed E-state index contributed by atoms with van der Waals surface area (Å²) in [6.07, 6.45) is 0.958. The highest BCUT2D eigenvalue weighted by atomic mass is 79.9. The normalized spacial score (nSPS) is 22.3. The van der Waals surface area contributed by atoms with Crippen molar-refractivity contribution in [3.63, 3.8) is 0 Å². The first kappa shape index (κ1) is 14.3. The van der Waals surface area contributed by atoms with Crippen molar-refractivity contribution < 1.29 is 14.3 Å². The molecule has 104 valence electrons. The lowest BCUT2D eigenvalue weighted by molar-refractivity contribution is -0.132. The molecule has 1 aromatic carbocycles. The van der Waals surface area contributed by atoms with Crippen LogP contribution in [0.1, 0.15) is 18.4 Å². The summed E-state index contributed by atoms with van der Waals surface area (Å²) in [6.45, 7) is 2.43. The van der Waals surface area contributed by atoms with Crippen molar-refractivity contribution in [2.24, 2.45) is 5.84 Å². The number of carbonyl (C=O) groups is 1. The van der Waals surface area contributed by atoms with Crippen molar-refractivity contribution in [3.8, 4) is 5.75 Å². The maximum atomic E-state index is 11.3. The Morgan fingerprint density at radius 3 is 3.05 bits per heavy atom. The lowest BCUT2D eigenvalue weighted by Gasteiger charge is -2.15. The number of hydrazine groups is 1. The second-order valence-electron chi connectivity index (χ2n) is 4.55. The minimum atomic E-state index is -0.454. The van der Waals surface area contributed by atoms with Gasteiger partial charge in [0.05, 0.1) is 6.10 Å². The molecule has 1 amide bonds. The van der Waals surface area contributed by atoms with E-state index < -0.39 is 6.10 Å². The molecule has 0 aliphatic carbocycles. The molecule has 3 N–H and O–H groups in total. The van der Waals surface area contributed by atoms with E-state index in [-0.39, 0.29) is 12.0 Å². The predicted molar refractivity (Wildman–Crippen MR) is 74.6 cm³/mol. The van der Waals surface area contributed by atoms with Gasteiger partial charge in [0.25, 0.3) is 5.91 Å². The highest BCUT2D eigenvalue weighted by molar-refractivity contribution is 9.10. The average Bonchev–Trinajstić information content (AvgIpc) is 2.85. The zero-order valence-electron chi connectivity index (χ0n) is 10.7. The van der Waals surface area contributed by atoms with E-state index in [1.54, 1.807) is 0 Å². The summed E-state index contributed by atoms with van der Waals surface area (Å²) in [5.41, 5.74) is 3.17. The number of amides is 1. The molecule has 1 fully saturated rings. The molecule has 2 unspecified atom stereocenters. The summed E-state index contributed by atoms with van der Waals surface area (Å²) in [6, 6.07) is 5.84. The van der Waals surface area contributed by atoms with Crippen molar-refractivity contribution >= 4 is 21.8 Å². The van der Waals surface area contributed by atoms with Crippen molar-refractivity contribution in [2.75, 3.05) is 6.61 Å². The molecule has 0 aromatic heterocycles. The predicted octanol–water partition coefficient (Wildman–Crippen LogP) is 1.67. The third-order valence-corrected chi connectivity index (χ3v) is 3.60. The number of carbonyl (C=O) groups excluding carboxylic acids is 1. The molecule has 19 heavy (non-hydrogen) atoms. The molecule has 0 saturated carbocycles. The Kier molecular flexibility index (Phi) is 4.79. The molecular formula is C13H17BrN2O3. The fourth-order valence-electron chi connectivity index (χ4n) is 2.07. The number of benzene rings is 1. The molecule has 1 aliphatic heterocycles. The summed E-state index contributed by atoms with van der Waals surface area (Å²) < 4.78 is 12.3. The van der Waals surface area contributed by atoms with Gasteiger partial charge in [0, 0.05) is 4.47 Å². The van der Waals surface area contributed by atoms with Gasteiger partial charge in [0.1, 0.15) is 18.5 Å². The van der Waals surface area contributed by atoms with Crippen LogP contribution in [0.5, 0.6) is 5.75 Å². The molecule has 1 aliphatic rings. The minimum Gasteiger partial charge on any atom is -0.491 e. The third kappa shape index (κ3) is 3.68. The number of aryl methyl sites for hydroxylation is 1. The number of halogens is 1. The van der Waals surface area contributed by atoms with Crippen molar-refractivity contribution in [3.05, 3.63) is 28.2 Å². The molecule has 1 aromatic rings. The Balaban J connectivity index is 1.85. The van der Waals surface area contributed by atoms with E-state index in [4.69, 9.17) is 15.3 Å². The molecule has 0 spiro atoms. The second-order valence-corrected chi connectivity index (χ2v) is 5.47. The first-order chi connectivity index (χ1) is 9.10. The van der Waals surface area contributed by atoms with Crippen LogP contribution in [-0.2, 0) is 9.53 Å². The lowest BCUT2D eigenvalue weighted by atomic mass is 10.2. The number of hydrogen-bond donors (Lipinski definition) is 2. The number of rotatable bonds is 4. The van der Waals surface area contributed by atoms with Crippen LogP contribution in [0, 0.1) is 6.92 Å². The van der Waals surface area contributed by atoms with E-state index in [2.05, 4.69) is 21.4 Å². The van der Waals surface area contributed by atoms with Gasteiger partial charge in [-0.2, -0.15) is 0 Å². The van der Waals surface area contributed by atoms with Crippen LogP contribution in [0.15, 0.2) is 22.7 Å². The van der Waals surface area contributed by atoms with E-state index in [1.165, 1.54) is 0 Å². The highest BCUT2D eigenvalue weighted by Gasteiger charge is 2.30. The number of nitrogens with two attached hydrogens (primary N) is 1. The van der Waals surface area contributed by atoms with Gasteiger partial charge < -0.3 is 9.47 Å². The molecule has 2 atom stereocenters. The molecule has 2 rings (SSSR count). The van der Waals surface area contributed by atoms with Crippen LogP contribution < -0.4 is 16.0 Å². The number of ether oxygens (including phenoxy) is 2. The van der Waals surface area contributed by atoms with Crippen molar-refractivity contribution in [1.82, 2.24) is 5.43 Å². The fraction of sp³-hybridized carbons (Fsp3) is 0.462. The Bertz CT molecular complexity index is 467. The second kappa shape index (κ2) is 6.36. The van der Waals surface area contributed by atoms with Crippen LogP contribution in [0.2, 0.25) is 0 Å². The smallest absolute Gasteiger partial charge is 0.263 e. The molecule has 0 radical (unpaired) electrons. The van der Waals surface area contributed by atoms with Crippen molar-refractivity contribution in [2.45, 2.75) is 32.0 Å². The third-order valence-electron chi connectivity index (χ3n) is 3.10. The SMILES string of the molecule is Cc1cc(Br)ccc1OCC1CCC(C(=O)NN)O1. The zero-order valence-corrected chi connectivity index (χ0v) is 12.3. The first-order valence-corrected chi connectivity index (χ1v) is 6.94. The van der Waals surface area contributed by atoms with E-state index in [9.17, 15) is 4.79 Å². The molecule has 1 heterocycles. The van der Waals surface area contributed by atoms with Gasteiger partial charge in [0.15, 0.2) is 0 Å². The maximum Gasteiger partial charge on any atom is 0.263 e. The van der Waals surface area contributed by atoms with Crippen LogP contribution >= 0.6 is 15.9 Å². The highest BCUT2D eigenvalue weighted by Crippen LogP contribution is 2.24. The molecule has 0 bridgehead atoms. The van der Waals surface area contributed by atoms with Crippen LogP contribution in [-0.4, -0.2) is 24.7 Å². The standard InChI is InChI=1S/C13H17BrN2O3/c1-8-6-9(14)2-4-11(8)18-7-10-3-5-12(19-10)13(17)16-15/h2,4,6,10,12H,3,5,7,15H2,1H3,(H,16,17). The first-order valence-electron chi connectivity index (χ1n) is 6.15. The number of nitrogens with one attached hydrogen (secondary N) is 1. The Morgan fingerprint density at radius 2 is 2.37 bits per heavy atom. The Hall–Kier alpha value is -1.11. The fourth-order valence-corrected chi connectivity index (χ4v) is 2.55. The zero-order chi connectivity index (χ0) is 13.8. The van der Waals surface area contributed by atoms with Gasteiger partial charge >= 0.3 is 0 Å². The quantitative estimate of drug-likeness (QED) is 0.501. The maximum absolute atomic E-state index is 11.3. The van der Waals surface area contributed by atoms with Gasteiger partial charge in [-0.25, -0.2) is 5.84 Å². The lowest BCUT2D eigenvalue weighted by Crippen LogP contribution is -2.39. The molecule has 6 heteroatoms. The topological polar surface area (TPSA) is 73.6 Å². The average molecular weight is 329 g/mol.